The first-order chi connectivity index (χ1) is 16.9. The molecule has 7 aromatic rings. The summed E-state index contributed by atoms with van der Waals surface area (Å²) in [6.07, 6.45) is 0. The maximum absolute atomic E-state index is 2.37. The summed E-state index contributed by atoms with van der Waals surface area (Å²) in [4.78, 5) is 0. The van der Waals surface area contributed by atoms with Gasteiger partial charge in [0.2, 0.25) is 0 Å². The Morgan fingerprint density at radius 2 is 0.794 bits per heavy atom. The van der Waals surface area contributed by atoms with Gasteiger partial charge in [-0.3, -0.25) is 0 Å². The van der Waals surface area contributed by atoms with Crippen molar-refractivity contribution in [3.05, 3.63) is 109 Å². The van der Waals surface area contributed by atoms with Gasteiger partial charge in [0, 0.05) is 0 Å². The van der Waals surface area contributed by atoms with Gasteiger partial charge >= 0.3 is 225 Å². The van der Waals surface area contributed by atoms with Crippen LogP contribution in [0.25, 0.3) is 38.6 Å². The van der Waals surface area contributed by atoms with E-state index in [1.54, 1.807) is 36.7 Å². The van der Waals surface area contributed by atoms with Crippen molar-refractivity contribution in [2.24, 2.45) is 0 Å². The van der Waals surface area contributed by atoms with Crippen molar-refractivity contribution >= 4 is 115 Å². The molecule has 0 amide bonds. The summed E-state index contributed by atoms with van der Waals surface area (Å²) in [5, 5.41) is 6.12. The van der Waals surface area contributed by atoms with Crippen molar-refractivity contribution in [2.45, 2.75) is 0 Å². The quantitative estimate of drug-likeness (QED) is 0.247. The monoisotopic (exact) mass is 698 g/mol. The summed E-state index contributed by atoms with van der Waals surface area (Å²) in [6.45, 7) is 0. The van der Waals surface area contributed by atoms with Crippen LogP contribution in [-0.2, 0) is 0 Å². The van der Waals surface area contributed by atoms with Crippen LogP contribution in [-0.4, -0.2) is 58.9 Å². The molecule has 34 heavy (non-hydrogen) atoms. The Balaban J connectivity index is 1.66. The van der Waals surface area contributed by atoms with Gasteiger partial charge in [0.25, 0.3) is 0 Å². The standard InChI is InChI=1S/C30H18Se4/c1-3-11-19(12-4-1)31-29-27-25(21-15-7-9-17-23(21)33-27)26-22-16-8-10-18-24(22)34-28(26)30(29)32-20-13-5-2-6-14-20/h1-18H. The molecule has 0 radical (unpaired) electrons. The van der Waals surface area contributed by atoms with E-state index in [-0.39, 0.29) is 0 Å². The molecule has 0 aliphatic heterocycles. The zero-order valence-electron chi connectivity index (χ0n) is 18.0. The van der Waals surface area contributed by atoms with Crippen LogP contribution in [0.4, 0.5) is 0 Å². The van der Waals surface area contributed by atoms with Gasteiger partial charge in [-0.1, -0.05) is 0 Å². The minimum atomic E-state index is 0.306. The third-order valence-electron chi connectivity index (χ3n) is 5.99. The van der Waals surface area contributed by atoms with Crippen molar-refractivity contribution < 1.29 is 0 Å². The SMILES string of the molecule is c1ccc([Se]c2c([Se]c3ccccc3)c3[se]c4ccccc4c3c3c2[se]c2ccccc23)cc1. The van der Waals surface area contributed by atoms with Crippen molar-refractivity contribution in [3.8, 4) is 0 Å². The molecule has 0 N–H and O–H groups in total. The third kappa shape index (κ3) is 3.63. The predicted molar refractivity (Wildman–Crippen MR) is 153 cm³/mol. The fourth-order valence-corrected chi connectivity index (χ4v) is 16.6. The second kappa shape index (κ2) is 9.00. The minimum absolute atomic E-state index is 0.306. The van der Waals surface area contributed by atoms with Crippen molar-refractivity contribution in [1.29, 1.82) is 0 Å². The first kappa shape index (κ1) is 21.5. The van der Waals surface area contributed by atoms with E-state index < -0.39 is 0 Å². The molecule has 0 saturated heterocycles. The summed E-state index contributed by atoms with van der Waals surface area (Å²) in [5.74, 6) is 0. The maximum atomic E-state index is 2.37. The summed E-state index contributed by atoms with van der Waals surface area (Å²) < 4.78 is 12.8. The van der Waals surface area contributed by atoms with E-state index in [1.807, 2.05) is 0 Å². The Morgan fingerprint density at radius 3 is 1.24 bits per heavy atom. The second-order valence-electron chi connectivity index (χ2n) is 8.09. The molecule has 0 unspecified atom stereocenters. The van der Waals surface area contributed by atoms with Crippen molar-refractivity contribution in [3.63, 3.8) is 0 Å². The van der Waals surface area contributed by atoms with Gasteiger partial charge in [0.05, 0.1) is 0 Å². The van der Waals surface area contributed by atoms with Gasteiger partial charge in [-0.2, -0.15) is 0 Å². The molecule has 0 atom stereocenters. The first-order valence-electron chi connectivity index (χ1n) is 11.1. The van der Waals surface area contributed by atoms with Crippen LogP contribution in [0.15, 0.2) is 109 Å². The Hall–Kier alpha value is -1.82. The van der Waals surface area contributed by atoms with Gasteiger partial charge in [-0.15, -0.1) is 0 Å². The zero-order valence-corrected chi connectivity index (χ0v) is 24.9. The molecule has 0 nitrogen and oxygen atoms in total. The Bertz CT molecular complexity index is 1660. The normalized spacial score (nSPS) is 11.8. The van der Waals surface area contributed by atoms with Gasteiger partial charge in [-0.05, 0) is 0 Å². The topological polar surface area (TPSA) is 0 Å². The fourth-order valence-electron chi connectivity index (χ4n) is 4.51. The van der Waals surface area contributed by atoms with Gasteiger partial charge in [0.1, 0.15) is 0 Å². The van der Waals surface area contributed by atoms with E-state index >= 15 is 0 Å². The van der Waals surface area contributed by atoms with E-state index in [0.717, 1.165) is 0 Å². The van der Waals surface area contributed by atoms with Crippen molar-refractivity contribution in [2.75, 3.05) is 0 Å². The molecular weight excluding hydrogens is 676 g/mol. The molecule has 0 saturated carbocycles. The van der Waals surface area contributed by atoms with Crippen LogP contribution in [0.3, 0.4) is 0 Å². The fraction of sp³-hybridized carbons (Fsp3) is 0. The van der Waals surface area contributed by atoms with E-state index in [2.05, 4.69) is 109 Å². The molecule has 0 fully saturated rings. The first-order valence-corrected chi connectivity index (χ1v) is 18.0. The second-order valence-corrected chi connectivity index (χ2v) is 17.1. The van der Waals surface area contributed by atoms with E-state index in [4.69, 9.17) is 0 Å². The summed E-state index contributed by atoms with van der Waals surface area (Å²) >= 11 is 1.33. The molecule has 5 aromatic carbocycles. The summed E-state index contributed by atoms with van der Waals surface area (Å²) in [6, 6.07) is 40.8. The van der Waals surface area contributed by atoms with Crippen LogP contribution < -0.4 is 17.8 Å². The average molecular weight is 694 g/mol. The van der Waals surface area contributed by atoms with Crippen LogP contribution in [0, 0.1) is 0 Å². The molecule has 2 aromatic heterocycles. The van der Waals surface area contributed by atoms with E-state index in [9.17, 15) is 0 Å². The number of hydrogen-bond acceptors (Lipinski definition) is 0. The molecule has 0 aliphatic rings. The van der Waals surface area contributed by atoms with Gasteiger partial charge in [0.15, 0.2) is 0 Å². The Labute approximate surface area is 222 Å². The summed E-state index contributed by atoms with van der Waals surface area (Å²) in [7, 11) is 0. The predicted octanol–water partition coefficient (Wildman–Crippen LogP) is 3.72. The molecular formula is C30H18Se4. The molecule has 0 bridgehead atoms. The van der Waals surface area contributed by atoms with Crippen LogP contribution in [0.2, 0.25) is 0 Å². The molecule has 2 heterocycles. The summed E-state index contributed by atoms with van der Waals surface area (Å²) in [5.41, 5.74) is 0. The Morgan fingerprint density at radius 1 is 0.412 bits per heavy atom. The van der Waals surface area contributed by atoms with Crippen LogP contribution in [0.1, 0.15) is 0 Å². The molecule has 4 heteroatoms. The average Bonchev–Trinajstić information content (AvgIpc) is 3.46. The number of benzene rings is 5. The van der Waals surface area contributed by atoms with Gasteiger partial charge < -0.3 is 0 Å². The molecule has 7 rings (SSSR count). The molecule has 0 spiro atoms. The van der Waals surface area contributed by atoms with Crippen molar-refractivity contribution in [1.82, 2.24) is 0 Å². The number of fused-ring (bicyclic) bond motifs is 7. The van der Waals surface area contributed by atoms with E-state index in [1.165, 1.54) is 19.7 Å². The third-order valence-corrected chi connectivity index (χ3v) is 17.6. The number of hydrogen-bond donors (Lipinski definition) is 0. The van der Waals surface area contributed by atoms with Crippen LogP contribution >= 0.6 is 0 Å². The van der Waals surface area contributed by atoms with Gasteiger partial charge in [-0.25, -0.2) is 0 Å². The van der Waals surface area contributed by atoms with Crippen LogP contribution in [0.5, 0.6) is 0 Å². The zero-order chi connectivity index (χ0) is 22.5. The van der Waals surface area contributed by atoms with E-state index in [0.29, 0.717) is 58.9 Å². The molecule has 0 aliphatic carbocycles. The Kier molecular flexibility index (Phi) is 5.68. The number of rotatable bonds is 4. The molecule has 162 valence electrons.